The third-order valence-electron chi connectivity index (χ3n) is 3.79. The Morgan fingerprint density at radius 2 is 2.13 bits per heavy atom. The molecule has 23 heavy (non-hydrogen) atoms. The van der Waals surface area contributed by atoms with E-state index in [4.69, 9.17) is 16.1 Å². The van der Waals surface area contributed by atoms with E-state index in [-0.39, 0.29) is 11.7 Å². The van der Waals surface area contributed by atoms with E-state index >= 15 is 0 Å². The Bertz CT molecular complexity index is 754. The van der Waals surface area contributed by atoms with Gasteiger partial charge in [0.1, 0.15) is 5.60 Å². The summed E-state index contributed by atoms with van der Waals surface area (Å²) in [6.45, 7) is 0.834. The van der Waals surface area contributed by atoms with E-state index in [2.05, 4.69) is 17.0 Å². The number of hydrogen-bond donors (Lipinski definition) is 1. The molecule has 1 saturated heterocycles. The van der Waals surface area contributed by atoms with Crippen LogP contribution in [0.4, 0.5) is 0 Å². The Labute approximate surface area is 138 Å². The average molecular weight is 331 g/mol. The largest absolute Gasteiger partial charge is 0.377 e. The van der Waals surface area contributed by atoms with E-state index in [1.165, 1.54) is 12.3 Å². The highest BCUT2D eigenvalue weighted by molar-refractivity contribution is 6.30. The molecule has 2 heterocycles. The number of amides is 1. The van der Waals surface area contributed by atoms with Gasteiger partial charge in [-0.3, -0.25) is 4.79 Å². The molecule has 0 aliphatic carbocycles. The number of likely N-dealkylation sites (tertiary alicyclic amines) is 1. The fourth-order valence-electron chi connectivity index (χ4n) is 2.44. The van der Waals surface area contributed by atoms with Crippen molar-refractivity contribution in [1.82, 2.24) is 10.1 Å². The zero-order valence-corrected chi connectivity index (χ0v) is 13.1. The summed E-state index contributed by atoms with van der Waals surface area (Å²) >= 11 is 5.92. The Balaban J connectivity index is 1.65. The van der Waals surface area contributed by atoms with Crippen molar-refractivity contribution in [2.24, 2.45) is 0 Å². The second-order valence-corrected chi connectivity index (χ2v) is 5.90. The van der Waals surface area contributed by atoms with Crippen molar-refractivity contribution in [3.8, 4) is 11.8 Å². The molecule has 3 rings (SSSR count). The molecule has 0 radical (unpaired) electrons. The standard InChI is InChI=1S/C17H15ClN2O3/c18-14-3-1-2-13(12-14)4-6-17(22)7-10-20(11-8-17)16(21)15-5-9-19-23-15/h1-3,5,9,12,22H,7-8,10-11H2. The summed E-state index contributed by atoms with van der Waals surface area (Å²) in [5, 5.41) is 14.7. The summed E-state index contributed by atoms with van der Waals surface area (Å²) in [5.74, 6) is 5.85. The average Bonchev–Trinajstić information content (AvgIpc) is 3.08. The van der Waals surface area contributed by atoms with Crippen LogP contribution < -0.4 is 0 Å². The molecule has 0 spiro atoms. The van der Waals surface area contributed by atoms with Crippen molar-refractivity contribution in [2.45, 2.75) is 18.4 Å². The maximum Gasteiger partial charge on any atom is 0.292 e. The van der Waals surface area contributed by atoms with Crippen molar-refractivity contribution < 1.29 is 14.4 Å². The summed E-state index contributed by atoms with van der Waals surface area (Å²) in [7, 11) is 0. The Hall–Kier alpha value is -2.29. The maximum absolute atomic E-state index is 12.1. The van der Waals surface area contributed by atoms with Crippen molar-refractivity contribution >= 4 is 17.5 Å². The predicted molar refractivity (Wildman–Crippen MR) is 84.9 cm³/mol. The Morgan fingerprint density at radius 1 is 1.35 bits per heavy atom. The molecule has 0 unspecified atom stereocenters. The van der Waals surface area contributed by atoms with E-state index in [1.54, 1.807) is 17.0 Å². The first-order chi connectivity index (χ1) is 11.1. The SMILES string of the molecule is O=C(c1ccno1)N1CCC(O)(C#Cc2cccc(Cl)c2)CC1. The number of nitrogens with zero attached hydrogens (tertiary/aromatic N) is 2. The molecule has 1 fully saturated rings. The topological polar surface area (TPSA) is 66.6 Å². The number of hydrogen-bond acceptors (Lipinski definition) is 4. The number of carbonyl (C=O) groups excluding carboxylic acids is 1. The van der Waals surface area contributed by atoms with E-state index in [0.29, 0.717) is 31.0 Å². The molecule has 2 aromatic rings. The number of halogens is 1. The Kier molecular flexibility index (Phi) is 4.37. The van der Waals surface area contributed by atoms with E-state index in [0.717, 1.165) is 5.56 Å². The first kappa shape index (κ1) is 15.6. The number of aliphatic hydroxyl groups is 1. The summed E-state index contributed by atoms with van der Waals surface area (Å²) < 4.78 is 4.87. The van der Waals surface area contributed by atoms with Gasteiger partial charge < -0.3 is 14.5 Å². The van der Waals surface area contributed by atoms with Crippen LogP contribution >= 0.6 is 11.6 Å². The van der Waals surface area contributed by atoms with Crippen LogP contribution in [0.2, 0.25) is 5.02 Å². The molecular formula is C17H15ClN2O3. The van der Waals surface area contributed by atoms with Crippen LogP contribution in [-0.2, 0) is 0 Å². The lowest BCUT2D eigenvalue weighted by Gasteiger charge is -2.34. The molecule has 118 valence electrons. The van der Waals surface area contributed by atoms with Gasteiger partial charge in [0.2, 0.25) is 5.76 Å². The second kappa shape index (κ2) is 6.45. The molecule has 1 N–H and O–H groups in total. The molecule has 6 heteroatoms. The summed E-state index contributed by atoms with van der Waals surface area (Å²) in [6, 6.07) is 8.71. The predicted octanol–water partition coefficient (Wildman–Crippen LogP) is 2.35. The first-order valence-electron chi connectivity index (χ1n) is 7.27. The van der Waals surface area contributed by atoms with Crippen LogP contribution in [0.3, 0.4) is 0 Å². The zero-order valence-electron chi connectivity index (χ0n) is 12.3. The van der Waals surface area contributed by atoms with Crippen molar-refractivity contribution in [3.63, 3.8) is 0 Å². The monoisotopic (exact) mass is 330 g/mol. The smallest absolute Gasteiger partial charge is 0.292 e. The van der Waals surface area contributed by atoms with Crippen LogP contribution in [0.15, 0.2) is 41.1 Å². The molecule has 0 bridgehead atoms. The van der Waals surface area contributed by atoms with Crippen molar-refractivity contribution in [3.05, 3.63) is 52.9 Å². The maximum atomic E-state index is 12.1. The molecule has 5 nitrogen and oxygen atoms in total. The number of aromatic nitrogens is 1. The molecule has 1 aliphatic heterocycles. The molecule has 1 amide bonds. The van der Waals surface area contributed by atoms with E-state index in [9.17, 15) is 9.90 Å². The van der Waals surface area contributed by atoms with Crippen LogP contribution in [0.1, 0.15) is 29.0 Å². The molecule has 0 atom stereocenters. The van der Waals surface area contributed by atoms with Crippen molar-refractivity contribution in [1.29, 1.82) is 0 Å². The normalized spacial score (nSPS) is 16.5. The zero-order chi connectivity index (χ0) is 16.3. The highest BCUT2D eigenvalue weighted by Gasteiger charge is 2.33. The Morgan fingerprint density at radius 3 is 2.78 bits per heavy atom. The fraction of sp³-hybridized carbons (Fsp3) is 0.294. The van der Waals surface area contributed by atoms with Crippen LogP contribution in [-0.4, -0.2) is 39.8 Å². The third-order valence-corrected chi connectivity index (χ3v) is 4.03. The molecule has 1 aromatic heterocycles. The number of carbonyl (C=O) groups is 1. The first-order valence-corrected chi connectivity index (χ1v) is 7.65. The molecular weight excluding hydrogens is 316 g/mol. The van der Waals surface area contributed by atoms with E-state index < -0.39 is 5.60 Å². The summed E-state index contributed by atoms with van der Waals surface area (Å²) in [5.41, 5.74) is -0.341. The number of piperidine rings is 1. The highest BCUT2D eigenvalue weighted by atomic mass is 35.5. The van der Waals surface area contributed by atoms with Gasteiger partial charge in [-0.05, 0) is 18.2 Å². The van der Waals surface area contributed by atoms with Crippen molar-refractivity contribution in [2.75, 3.05) is 13.1 Å². The lowest BCUT2D eigenvalue weighted by molar-refractivity contribution is 0.0230. The second-order valence-electron chi connectivity index (χ2n) is 5.46. The number of rotatable bonds is 1. The van der Waals surface area contributed by atoms with Gasteiger partial charge in [0.15, 0.2) is 0 Å². The number of benzene rings is 1. The quantitative estimate of drug-likeness (QED) is 0.815. The van der Waals surface area contributed by atoms with Crippen LogP contribution in [0, 0.1) is 11.8 Å². The summed E-state index contributed by atoms with van der Waals surface area (Å²) in [6.07, 6.45) is 2.21. The molecule has 1 aliphatic rings. The van der Waals surface area contributed by atoms with Gasteiger partial charge in [-0.25, -0.2) is 0 Å². The molecule has 0 saturated carbocycles. The van der Waals surface area contributed by atoms with Crippen LogP contribution in [0.25, 0.3) is 0 Å². The molecule has 1 aromatic carbocycles. The van der Waals surface area contributed by atoms with Gasteiger partial charge in [-0.15, -0.1) is 0 Å². The van der Waals surface area contributed by atoms with Gasteiger partial charge in [-0.2, -0.15) is 0 Å². The van der Waals surface area contributed by atoms with E-state index in [1.807, 2.05) is 12.1 Å². The lowest BCUT2D eigenvalue weighted by Crippen LogP contribution is -2.46. The van der Waals surface area contributed by atoms with Crippen LogP contribution in [0.5, 0.6) is 0 Å². The minimum atomic E-state index is -1.10. The third kappa shape index (κ3) is 3.73. The van der Waals surface area contributed by atoms with Gasteiger partial charge in [0, 0.05) is 42.6 Å². The highest BCUT2D eigenvalue weighted by Crippen LogP contribution is 2.23. The summed E-state index contributed by atoms with van der Waals surface area (Å²) in [4.78, 5) is 13.8. The minimum Gasteiger partial charge on any atom is -0.377 e. The lowest BCUT2D eigenvalue weighted by atomic mass is 9.91. The van der Waals surface area contributed by atoms with Gasteiger partial charge in [0.25, 0.3) is 5.91 Å². The fourth-order valence-corrected chi connectivity index (χ4v) is 2.63. The van der Waals surface area contributed by atoms with Gasteiger partial charge in [-0.1, -0.05) is 34.7 Å². The van der Waals surface area contributed by atoms with Gasteiger partial charge >= 0.3 is 0 Å². The van der Waals surface area contributed by atoms with Gasteiger partial charge in [0.05, 0.1) is 6.20 Å². The minimum absolute atomic E-state index is 0.209.